The molecule has 0 aliphatic carbocycles. The second kappa shape index (κ2) is 10.4. The molecule has 1 aliphatic rings. The number of ketones is 1. The Balaban J connectivity index is 2.47. The number of carbonyl (C=O) groups excluding carboxylic acids is 2. The van der Waals surface area contributed by atoms with Gasteiger partial charge in [-0.15, -0.1) is 0 Å². The van der Waals surface area contributed by atoms with Crippen molar-refractivity contribution in [2.75, 3.05) is 33.9 Å². The van der Waals surface area contributed by atoms with Crippen molar-refractivity contribution >= 4 is 21.8 Å². The summed E-state index contributed by atoms with van der Waals surface area (Å²) in [4.78, 5) is 25.3. The lowest BCUT2D eigenvalue weighted by atomic mass is 10.1. The monoisotopic (exact) mass is 427 g/mol. The fourth-order valence-electron chi connectivity index (χ4n) is 3.12. The number of unbranched alkanes of at least 4 members (excludes halogenated alkanes) is 1. The van der Waals surface area contributed by atoms with Crippen molar-refractivity contribution in [3.8, 4) is 11.5 Å². The Bertz CT molecular complexity index is 827. The number of nitrogens with zero attached hydrogens (tertiary/aromatic N) is 1. The van der Waals surface area contributed by atoms with E-state index >= 15 is 0 Å². The number of urea groups is 1. The van der Waals surface area contributed by atoms with E-state index in [2.05, 4.69) is 10.6 Å². The van der Waals surface area contributed by atoms with Crippen molar-refractivity contribution in [3.05, 3.63) is 18.2 Å². The van der Waals surface area contributed by atoms with Gasteiger partial charge < -0.3 is 20.1 Å². The predicted molar refractivity (Wildman–Crippen MR) is 108 cm³/mol. The van der Waals surface area contributed by atoms with E-state index in [1.54, 1.807) is 0 Å². The average molecular weight is 428 g/mol. The SMILES string of the molecule is CCCCNC(=O)N(C1CCCNCC1=O)S(=O)(=O)c1ccc(OC)c(OC)c1. The molecule has 162 valence electrons. The summed E-state index contributed by atoms with van der Waals surface area (Å²) in [5, 5.41) is 5.59. The normalized spacial score (nSPS) is 17.3. The molecule has 2 rings (SSSR count). The fraction of sp³-hybridized carbons (Fsp3) is 0.579. The van der Waals surface area contributed by atoms with Crippen LogP contribution in [0.4, 0.5) is 4.79 Å². The van der Waals surface area contributed by atoms with Crippen LogP contribution in [-0.4, -0.2) is 64.4 Å². The van der Waals surface area contributed by atoms with Gasteiger partial charge in [0.25, 0.3) is 10.0 Å². The zero-order valence-electron chi connectivity index (χ0n) is 17.1. The van der Waals surface area contributed by atoms with Gasteiger partial charge in [0.15, 0.2) is 17.3 Å². The Hall–Kier alpha value is -2.33. The number of sulfonamides is 1. The van der Waals surface area contributed by atoms with Crippen molar-refractivity contribution in [1.29, 1.82) is 0 Å². The summed E-state index contributed by atoms with van der Waals surface area (Å²) in [7, 11) is -1.47. The number of hydrogen-bond donors (Lipinski definition) is 2. The molecule has 1 unspecified atom stereocenters. The van der Waals surface area contributed by atoms with Crippen molar-refractivity contribution in [2.24, 2.45) is 0 Å². The highest BCUT2D eigenvalue weighted by Gasteiger charge is 2.40. The molecule has 0 saturated carbocycles. The number of hydrogen-bond acceptors (Lipinski definition) is 7. The highest BCUT2D eigenvalue weighted by molar-refractivity contribution is 7.89. The van der Waals surface area contributed by atoms with E-state index in [1.807, 2.05) is 6.92 Å². The molecule has 1 heterocycles. The Labute approximate surface area is 171 Å². The molecule has 1 aromatic rings. The van der Waals surface area contributed by atoms with E-state index in [0.29, 0.717) is 36.0 Å². The molecule has 9 nitrogen and oxygen atoms in total. The zero-order chi connectivity index (χ0) is 21.4. The van der Waals surface area contributed by atoms with Gasteiger partial charge in [-0.3, -0.25) is 4.79 Å². The van der Waals surface area contributed by atoms with Crippen LogP contribution in [0.1, 0.15) is 32.6 Å². The van der Waals surface area contributed by atoms with Crippen molar-refractivity contribution < 1.29 is 27.5 Å². The summed E-state index contributed by atoms with van der Waals surface area (Å²) in [6, 6.07) is 2.22. The smallest absolute Gasteiger partial charge is 0.332 e. The summed E-state index contributed by atoms with van der Waals surface area (Å²) in [6.07, 6.45) is 2.39. The standard InChI is InChI=1S/C19H29N3O6S/c1-4-5-11-21-19(24)22(15-7-6-10-20-13-16(15)23)29(25,26)14-8-9-17(27-2)18(12-14)28-3/h8-9,12,15,20H,4-7,10-11,13H2,1-3H3,(H,21,24). The summed E-state index contributed by atoms with van der Waals surface area (Å²) < 4.78 is 37.9. The van der Waals surface area contributed by atoms with Crippen LogP contribution >= 0.6 is 0 Å². The Kier molecular flexibility index (Phi) is 8.27. The molecular formula is C19H29N3O6S. The second-order valence-electron chi connectivity index (χ2n) is 6.70. The van der Waals surface area contributed by atoms with E-state index in [1.165, 1.54) is 32.4 Å². The van der Waals surface area contributed by atoms with E-state index < -0.39 is 22.1 Å². The number of ether oxygens (including phenoxy) is 2. The summed E-state index contributed by atoms with van der Waals surface area (Å²) in [6.45, 7) is 2.89. The van der Waals surface area contributed by atoms with E-state index in [-0.39, 0.29) is 29.4 Å². The first-order valence-electron chi connectivity index (χ1n) is 9.64. The molecular weight excluding hydrogens is 398 g/mol. The molecule has 1 aromatic carbocycles. The van der Waals surface area contributed by atoms with Gasteiger partial charge in [-0.2, -0.15) is 0 Å². The lowest BCUT2D eigenvalue weighted by Gasteiger charge is -2.29. The summed E-state index contributed by atoms with van der Waals surface area (Å²) in [5.74, 6) is 0.242. The van der Waals surface area contributed by atoms with E-state index in [0.717, 1.165) is 6.42 Å². The third kappa shape index (κ3) is 5.39. The fourth-order valence-corrected chi connectivity index (χ4v) is 4.68. The average Bonchev–Trinajstić information content (AvgIpc) is 2.92. The maximum absolute atomic E-state index is 13.4. The highest BCUT2D eigenvalue weighted by atomic mass is 32.2. The summed E-state index contributed by atoms with van der Waals surface area (Å²) >= 11 is 0. The Morgan fingerprint density at radius 3 is 2.66 bits per heavy atom. The van der Waals surface area contributed by atoms with Gasteiger partial charge in [0.2, 0.25) is 0 Å². The summed E-state index contributed by atoms with van der Waals surface area (Å²) in [5.41, 5.74) is 0. The van der Waals surface area contributed by atoms with Crippen LogP contribution in [0.2, 0.25) is 0 Å². The quantitative estimate of drug-likeness (QED) is 0.605. The number of rotatable bonds is 8. The maximum Gasteiger partial charge on any atom is 0.332 e. The van der Waals surface area contributed by atoms with Gasteiger partial charge in [0, 0.05) is 12.6 Å². The predicted octanol–water partition coefficient (Wildman–Crippen LogP) is 1.53. The molecule has 1 aliphatic heterocycles. The zero-order valence-corrected chi connectivity index (χ0v) is 17.9. The first-order chi connectivity index (χ1) is 13.9. The minimum absolute atomic E-state index is 0.0187. The van der Waals surface area contributed by atoms with Crippen LogP contribution in [0.25, 0.3) is 0 Å². The van der Waals surface area contributed by atoms with Gasteiger partial charge in [-0.05, 0) is 37.9 Å². The van der Waals surface area contributed by atoms with Crippen LogP contribution in [0.3, 0.4) is 0 Å². The van der Waals surface area contributed by atoms with Crippen molar-refractivity contribution in [3.63, 3.8) is 0 Å². The lowest BCUT2D eigenvalue weighted by molar-refractivity contribution is -0.121. The van der Waals surface area contributed by atoms with Gasteiger partial charge in [-0.25, -0.2) is 17.5 Å². The first-order valence-corrected chi connectivity index (χ1v) is 11.1. The molecule has 1 saturated heterocycles. The molecule has 10 heteroatoms. The second-order valence-corrected chi connectivity index (χ2v) is 8.52. The molecule has 0 spiro atoms. The molecule has 2 amide bonds. The van der Waals surface area contributed by atoms with Crippen molar-refractivity contribution in [2.45, 2.75) is 43.5 Å². The molecule has 0 aromatic heterocycles. The number of benzene rings is 1. The maximum atomic E-state index is 13.4. The van der Waals surface area contributed by atoms with Crippen LogP contribution in [-0.2, 0) is 14.8 Å². The largest absolute Gasteiger partial charge is 0.493 e. The molecule has 0 bridgehead atoms. The Morgan fingerprint density at radius 1 is 1.28 bits per heavy atom. The van der Waals surface area contributed by atoms with Gasteiger partial charge >= 0.3 is 6.03 Å². The first kappa shape index (κ1) is 23.0. The van der Waals surface area contributed by atoms with E-state index in [4.69, 9.17) is 9.47 Å². The minimum Gasteiger partial charge on any atom is -0.493 e. The third-order valence-corrected chi connectivity index (χ3v) is 6.49. The third-order valence-electron chi connectivity index (χ3n) is 4.70. The molecule has 29 heavy (non-hydrogen) atoms. The number of amides is 2. The number of Topliss-reactive ketones (excluding diaryl/α,β-unsaturated/α-hetero) is 1. The van der Waals surface area contributed by atoms with Crippen LogP contribution < -0.4 is 20.1 Å². The van der Waals surface area contributed by atoms with Crippen LogP contribution in [0.15, 0.2) is 23.1 Å². The molecule has 1 atom stereocenters. The van der Waals surface area contributed by atoms with Gasteiger partial charge in [-0.1, -0.05) is 13.3 Å². The minimum atomic E-state index is -4.31. The van der Waals surface area contributed by atoms with Crippen molar-refractivity contribution in [1.82, 2.24) is 14.9 Å². The van der Waals surface area contributed by atoms with E-state index in [9.17, 15) is 18.0 Å². The number of methoxy groups -OCH3 is 2. The number of nitrogens with one attached hydrogen (secondary N) is 2. The van der Waals surface area contributed by atoms with Crippen LogP contribution in [0, 0.1) is 0 Å². The van der Waals surface area contributed by atoms with Gasteiger partial charge in [0.1, 0.15) is 6.04 Å². The molecule has 0 radical (unpaired) electrons. The van der Waals surface area contributed by atoms with Crippen LogP contribution in [0.5, 0.6) is 11.5 Å². The highest BCUT2D eigenvalue weighted by Crippen LogP contribution is 2.31. The molecule has 1 fully saturated rings. The lowest BCUT2D eigenvalue weighted by Crippen LogP contribution is -2.53. The number of carbonyl (C=O) groups is 2. The Morgan fingerprint density at radius 2 is 2.00 bits per heavy atom. The van der Waals surface area contributed by atoms with Gasteiger partial charge in [0.05, 0.1) is 25.7 Å². The topological polar surface area (TPSA) is 114 Å². The molecule has 2 N–H and O–H groups in total.